The third kappa shape index (κ3) is 5.63. The number of nitrogens with zero attached hydrogens (tertiary/aromatic N) is 1. The summed E-state index contributed by atoms with van der Waals surface area (Å²) in [6, 6.07) is 19.3. The van der Waals surface area contributed by atoms with Crippen LogP contribution in [-0.2, 0) is 4.79 Å². The van der Waals surface area contributed by atoms with Crippen molar-refractivity contribution in [3.63, 3.8) is 0 Å². The largest absolute Gasteiger partial charge is 0.478 e. The molecular weight excluding hydrogens is 414 g/mol. The summed E-state index contributed by atoms with van der Waals surface area (Å²) in [6.07, 6.45) is 1.36. The van der Waals surface area contributed by atoms with E-state index >= 15 is 0 Å². The number of rotatable bonds is 7. The molecule has 0 aliphatic rings. The molecule has 0 aromatic heterocycles. The summed E-state index contributed by atoms with van der Waals surface area (Å²) < 4.78 is 0. The SMILES string of the molecule is O=C(Nc1cccc(C(=O)O)c1)/C(=C\c1ccc([N+](=O)[O-])cc1)NC(=O)c1ccccc1. The molecule has 0 unspecified atom stereocenters. The summed E-state index contributed by atoms with van der Waals surface area (Å²) in [6.45, 7) is 0. The van der Waals surface area contributed by atoms with E-state index in [4.69, 9.17) is 5.11 Å². The van der Waals surface area contributed by atoms with Crippen LogP contribution in [0.2, 0.25) is 0 Å². The molecule has 0 saturated carbocycles. The summed E-state index contributed by atoms with van der Waals surface area (Å²) in [5, 5.41) is 25.1. The Morgan fingerprint density at radius 1 is 0.875 bits per heavy atom. The number of carbonyl (C=O) groups excluding carboxylic acids is 2. The van der Waals surface area contributed by atoms with Crippen molar-refractivity contribution in [2.24, 2.45) is 0 Å². The summed E-state index contributed by atoms with van der Waals surface area (Å²) in [7, 11) is 0. The lowest BCUT2D eigenvalue weighted by Crippen LogP contribution is -2.30. The Labute approximate surface area is 182 Å². The van der Waals surface area contributed by atoms with E-state index in [1.165, 1.54) is 54.6 Å². The van der Waals surface area contributed by atoms with E-state index in [0.29, 0.717) is 11.1 Å². The fraction of sp³-hybridized carbons (Fsp3) is 0. The van der Waals surface area contributed by atoms with Gasteiger partial charge in [0, 0.05) is 23.4 Å². The van der Waals surface area contributed by atoms with Crippen molar-refractivity contribution in [1.29, 1.82) is 0 Å². The lowest BCUT2D eigenvalue weighted by Gasteiger charge is -2.12. The van der Waals surface area contributed by atoms with E-state index in [2.05, 4.69) is 10.6 Å². The minimum Gasteiger partial charge on any atom is -0.478 e. The number of aromatic carboxylic acids is 1. The molecule has 0 radical (unpaired) electrons. The highest BCUT2D eigenvalue weighted by molar-refractivity contribution is 6.10. The molecule has 32 heavy (non-hydrogen) atoms. The van der Waals surface area contributed by atoms with Gasteiger partial charge in [-0.15, -0.1) is 0 Å². The summed E-state index contributed by atoms with van der Waals surface area (Å²) >= 11 is 0. The molecule has 9 heteroatoms. The minimum absolute atomic E-state index is 0.0166. The van der Waals surface area contributed by atoms with Crippen LogP contribution in [0.4, 0.5) is 11.4 Å². The Morgan fingerprint density at radius 3 is 2.16 bits per heavy atom. The first-order valence-electron chi connectivity index (χ1n) is 9.31. The predicted octanol–water partition coefficient (Wildman–Crippen LogP) is 3.70. The first-order valence-corrected chi connectivity index (χ1v) is 9.31. The number of nitro benzene ring substituents is 1. The van der Waals surface area contributed by atoms with Crippen molar-refractivity contribution in [3.05, 3.63) is 111 Å². The molecule has 2 amide bonds. The summed E-state index contributed by atoms with van der Waals surface area (Å²) in [5.74, 6) is -2.39. The first kappa shape index (κ1) is 21.9. The van der Waals surface area contributed by atoms with E-state index in [1.807, 2.05) is 0 Å². The average Bonchev–Trinajstić information content (AvgIpc) is 2.79. The van der Waals surface area contributed by atoms with Gasteiger partial charge in [0.1, 0.15) is 5.70 Å². The lowest BCUT2D eigenvalue weighted by atomic mass is 10.1. The van der Waals surface area contributed by atoms with Crippen LogP contribution in [0.1, 0.15) is 26.3 Å². The number of benzene rings is 3. The maximum atomic E-state index is 12.9. The van der Waals surface area contributed by atoms with Gasteiger partial charge in [-0.3, -0.25) is 19.7 Å². The van der Waals surface area contributed by atoms with Crippen LogP contribution in [0.15, 0.2) is 84.6 Å². The van der Waals surface area contributed by atoms with E-state index in [1.54, 1.807) is 30.3 Å². The third-order valence-corrected chi connectivity index (χ3v) is 4.31. The number of nitrogens with one attached hydrogen (secondary N) is 2. The van der Waals surface area contributed by atoms with Crippen molar-refractivity contribution < 1.29 is 24.4 Å². The molecule has 3 N–H and O–H groups in total. The molecule has 0 heterocycles. The van der Waals surface area contributed by atoms with Crippen LogP contribution in [0, 0.1) is 10.1 Å². The second-order valence-electron chi connectivity index (χ2n) is 6.57. The maximum absolute atomic E-state index is 12.9. The monoisotopic (exact) mass is 431 g/mol. The topological polar surface area (TPSA) is 139 Å². The van der Waals surface area contributed by atoms with Gasteiger partial charge in [-0.2, -0.15) is 0 Å². The molecule has 0 aliphatic heterocycles. The van der Waals surface area contributed by atoms with Gasteiger partial charge in [-0.05, 0) is 54.1 Å². The van der Waals surface area contributed by atoms with Crippen LogP contribution in [0.25, 0.3) is 6.08 Å². The summed E-state index contributed by atoms with van der Waals surface area (Å²) in [5.41, 5.74) is 0.715. The second kappa shape index (κ2) is 9.81. The van der Waals surface area contributed by atoms with Crippen molar-refractivity contribution >= 4 is 35.2 Å². The average molecular weight is 431 g/mol. The summed E-state index contributed by atoms with van der Waals surface area (Å²) in [4.78, 5) is 46.9. The molecule has 0 atom stereocenters. The Bertz CT molecular complexity index is 1200. The number of amides is 2. The zero-order valence-corrected chi connectivity index (χ0v) is 16.5. The molecule has 0 aliphatic carbocycles. The van der Waals surface area contributed by atoms with Crippen LogP contribution >= 0.6 is 0 Å². The molecule has 0 saturated heterocycles. The molecule has 3 aromatic rings. The smallest absolute Gasteiger partial charge is 0.335 e. The maximum Gasteiger partial charge on any atom is 0.335 e. The van der Waals surface area contributed by atoms with Crippen LogP contribution in [0.5, 0.6) is 0 Å². The number of nitro groups is 1. The minimum atomic E-state index is -1.15. The van der Waals surface area contributed by atoms with Gasteiger partial charge in [-0.1, -0.05) is 24.3 Å². The quantitative estimate of drug-likeness (QED) is 0.296. The molecule has 0 fully saturated rings. The molecule has 3 rings (SSSR count). The zero-order valence-electron chi connectivity index (χ0n) is 16.5. The van der Waals surface area contributed by atoms with Gasteiger partial charge in [0.2, 0.25) is 0 Å². The van der Waals surface area contributed by atoms with Crippen LogP contribution in [0.3, 0.4) is 0 Å². The number of hydrogen-bond acceptors (Lipinski definition) is 5. The standard InChI is InChI=1S/C23H17N3O6/c27-21(16-5-2-1-3-6-16)25-20(13-15-9-11-19(12-10-15)26(31)32)22(28)24-18-8-4-7-17(14-18)23(29)30/h1-14H,(H,24,28)(H,25,27)(H,29,30)/b20-13+. The van der Waals surface area contributed by atoms with E-state index < -0.39 is 22.7 Å². The van der Waals surface area contributed by atoms with Gasteiger partial charge < -0.3 is 15.7 Å². The second-order valence-corrected chi connectivity index (χ2v) is 6.57. The van der Waals surface area contributed by atoms with Crippen molar-refractivity contribution in [1.82, 2.24) is 5.32 Å². The third-order valence-electron chi connectivity index (χ3n) is 4.31. The first-order chi connectivity index (χ1) is 15.3. The van der Waals surface area contributed by atoms with Gasteiger partial charge in [0.25, 0.3) is 17.5 Å². The Balaban J connectivity index is 1.90. The number of hydrogen-bond donors (Lipinski definition) is 3. The van der Waals surface area contributed by atoms with Crippen LogP contribution in [-0.4, -0.2) is 27.8 Å². The number of carbonyl (C=O) groups is 3. The van der Waals surface area contributed by atoms with Crippen molar-refractivity contribution in [2.75, 3.05) is 5.32 Å². The molecule has 3 aromatic carbocycles. The highest BCUT2D eigenvalue weighted by Crippen LogP contribution is 2.16. The fourth-order valence-electron chi connectivity index (χ4n) is 2.73. The fourth-order valence-corrected chi connectivity index (χ4v) is 2.73. The predicted molar refractivity (Wildman–Crippen MR) is 117 cm³/mol. The van der Waals surface area contributed by atoms with Crippen molar-refractivity contribution in [2.45, 2.75) is 0 Å². The molecular formula is C23H17N3O6. The molecule has 160 valence electrons. The normalized spacial score (nSPS) is 10.8. The van der Waals surface area contributed by atoms with Gasteiger partial charge in [-0.25, -0.2) is 4.79 Å². The van der Waals surface area contributed by atoms with E-state index in [0.717, 1.165) is 0 Å². The lowest BCUT2D eigenvalue weighted by molar-refractivity contribution is -0.384. The number of anilines is 1. The Hall–Kier alpha value is -4.79. The zero-order chi connectivity index (χ0) is 23.1. The molecule has 9 nitrogen and oxygen atoms in total. The Morgan fingerprint density at radius 2 is 1.53 bits per heavy atom. The van der Waals surface area contributed by atoms with E-state index in [9.17, 15) is 24.5 Å². The highest BCUT2D eigenvalue weighted by Gasteiger charge is 2.16. The van der Waals surface area contributed by atoms with Gasteiger partial charge in [0.15, 0.2) is 0 Å². The Kier molecular flexibility index (Phi) is 6.72. The van der Waals surface area contributed by atoms with Gasteiger partial charge in [0.05, 0.1) is 10.5 Å². The van der Waals surface area contributed by atoms with E-state index in [-0.39, 0.29) is 22.6 Å². The molecule has 0 bridgehead atoms. The molecule has 0 spiro atoms. The van der Waals surface area contributed by atoms with Crippen LogP contribution < -0.4 is 10.6 Å². The number of carboxylic acids is 1. The number of carboxylic acid groups (broad SMARTS) is 1. The van der Waals surface area contributed by atoms with Crippen molar-refractivity contribution in [3.8, 4) is 0 Å². The van der Waals surface area contributed by atoms with Gasteiger partial charge >= 0.3 is 5.97 Å². The highest BCUT2D eigenvalue weighted by atomic mass is 16.6. The number of non-ortho nitro benzene ring substituents is 1.